The number of pyridine rings is 1. The third kappa shape index (κ3) is 4.31. The average molecular weight is 513 g/mol. The third-order valence-electron chi connectivity index (χ3n) is 7.49. The zero-order valence-electron chi connectivity index (χ0n) is 18.4. The first-order valence-corrected chi connectivity index (χ1v) is 13.5. The average Bonchev–Trinajstić information content (AvgIpc) is 3.36. The molecule has 1 aromatic carbocycles. The summed E-state index contributed by atoms with van der Waals surface area (Å²) in [6, 6.07) is 7.48. The first-order valence-electron chi connectivity index (χ1n) is 11.3. The molecule has 10 heteroatoms. The molecule has 5 rings (SSSR count). The van der Waals surface area contributed by atoms with Crippen molar-refractivity contribution < 1.29 is 12.8 Å². The van der Waals surface area contributed by atoms with Crippen LogP contribution in [-0.4, -0.2) is 50.5 Å². The maximum absolute atomic E-state index is 13.4. The van der Waals surface area contributed by atoms with Crippen molar-refractivity contribution in [3.8, 4) is 0 Å². The topological polar surface area (TPSA) is 65.5 Å². The van der Waals surface area contributed by atoms with E-state index in [4.69, 9.17) is 23.2 Å². The number of nitrogens with zero attached hydrogens (tertiary/aromatic N) is 3. The molecule has 2 aliphatic heterocycles. The highest BCUT2D eigenvalue weighted by Gasteiger charge is 2.53. The molecule has 1 spiro atoms. The van der Waals surface area contributed by atoms with Crippen LogP contribution in [0.4, 0.5) is 15.9 Å². The van der Waals surface area contributed by atoms with E-state index in [0.29, 0.717) is 11.1 Å². The number of hydrogen-bond donors (Lipinski definition) is 1. The fourth-order valence-corrected chi connectivity index (χ4v) is 7.60. The first-order chi connectivity index (χ1) is 15.7. The Hall–Kier alpha value is -1.61. The Bertz CT molecular complexity index is 1180. The Balaban J connectivity index is 1.35. The Morgan fingerprint density at radius 1 is 1.15 bits per heavy atom. The van der Waals surface area contributed by atoms with Gasteiger partial charge in [-0.1, -0.05) is 36.2 Å². The van der Waals surface area contributed by atoms with Crippen molar-refractivity contribution in [3.05, 3.63) is 46.3 Å². The summed E-state index contributed by atoms with van der Waals surface area (Å²) in [5, 5.41) is 0.396. The SMILES string of the molecule is C[C@@H]1CCN([C@H]2CC[C@@]23CCN(c2cc(Cl)c(S(=O)(=O)Nc4cccc(F)n4)cc2Cl)C3)C1. The fourth-order valence-electron chi connectivity index (χ4n) is 5.71. The van der Waals surface area contributed by atoms with Crippen molar-refractivity contribution in [2.45, 2.75) is 43.5 Å². The number of halogens is 3. The zero-order valence-corrected chi connectivity index (χ0v) is 20.7. The number of anilines is 2. The van der Waals surface area contributed by atoms with Gasteiger partial charge in [-0.05, 0) is 62.4 Å². The standard InChI is InChI=1S/C23H27Cl2FN4O2S/c1-15-6-9-29(13-15)20-5-7-23(20)8-10-30(14-23)18-11-17(25)19(12-16(18)24)33(31,32)28-22-4-2-3-21(26)27-22/h2-4,11-12,15,20H,5-10,13-14H2,1H3,(H,27,28)/t15-,20+,23+/m1/s1. The molecule has 1 aromatic heterocycles. The van der Waals surface area contributed by atoms with Crippen LogP contribution in [-0.2, 0) is 10.0 Å². The summed E-state index contributed by atoms with van der Waals surface area (Å²) in [5.74, 6) is -0.144. The third-order valence-corrected chi connectivity index (χ3v) is 9.61. The lowest BCUT2D eigenvalue weighted by atomic mass is 9.63. The molecule has 2 saturated heterocycles. The van der Waals surface area contributed by atoms with Crippen LogP contribution in [0.15, 0.2) is 35.2 Å². The molecule has 1 saturated carbocycles. The maximum atomic E-state index is 13.4. The van der Waals surface area contributed by atoms with Crippen molar-refractivity contribution in [3.63, 3.8) is 0 Å². The molecule has 6 nitrogen and oxygen atoms in total. The fraction of sp³-hybridized carbons (Fsp3) is 0.522. The van der Waals surface area contributed by atoms with Crippen molar-refractivity contribution in [2.75, 3.05) is 35.8 Å². The van der Waals surface area contributed by atoms with Crippen molar-refractivity contribution in [2.24, 2.45) is 11.3 Å². The normalized spacial score (nSPS) is 27.8. The van der Waals surface area contributed by atoms with Crippen molar-refractivity contribution >= 4 is 44.7 Å². The molecule has 1 N–H and O–H groups in total. The van der Waals surface area contributed by atoms with Crippen LogP contribution in [0.25, 0.3) is 0 Å². The van der Waals surface area contributed by atoms with E-state index < -0.39 is 16.0 Å². The van der Waals surface area contributed by atoms with Gasteiger partial charge in [0, 0.05) is 31.1 Å². The molecule has 1 aliphatic carbocycles. The molecule has 33 heavy (non-hydrogen) atoms. The molecule has 0 amide bonds. The van der Waals surface area contributed by atoms with Gasteiger partial charge in [-0.15, -0.1) is 0 Å². The number of aromatic nitrogens is 1. The molecule has 3 fully saturated rings. The van der Waals surface area contributed by atoms with Gasteiger partial charge in [0.05, 0.1) is 15.7 Å². The monoisotopic (exact) mass is 512 g/mol. The molecule has 178 valence electrons. The second kappa shape index (κ2) is 8.56. The predicted octanol–water partition coefficient (Wildman–Crippen LogP) is 5.03. The predicted molar refractivity (Wildman–Crippen MR) is 129 cm³/mol. The molecular formula is C23H27Cl2FN4O2S. The minimum Gasteiger partial charge on any atom is -0.370 e. The Morgan fingerprint density at radius 2 is 1.97 bits per heavy atom. The lowest BCUT2D eigenvalue weighted by molar-refractivity contribution is 0.000292. The smallest absolute Gasteiger partial charge is 0.264 e. The molecule has 0 unspecified atom stereocenters. The molecule has 2 aromatic rings. The lowest BCUT2D eigenvalue weighted by Crippen LogP contribution is -2.55. The largest absolute Gasteiger partial charge is 0.370 e. The number of nitrogens with one attached hydrogen (secondary N) is 1. The van der Waals surface area contributed by atoms with Gasteiger partial charge in [0.1, 0.15) is 10.7 Å². The van der Waals surface area contributed by atoms with E-state index in [-0.39, 0.29) is 21.2 Å². The van der Waals surface area contributed by atoms with Gasteiger partial charge in [-0.2, -0.15) is 4.39 Å². The summed E-state index contributed by atoms with van der Waals surface area (Å²) in [4.78, 5) is 8.28. The van der Waals surface area contributed by atoms with Gasteiger partial charge < -0.3 is 4.90 Å². The second-order valence-corrected chi connectivity index (χ2v) is 12.1. The van der Waals surface area contributed by atoms with Crippen molar-refractivity contribution in [1.82, 2.24) is 9.88 Å². The highest BCUT2D eigenvalue weighted by molar-refractivity contribution is 7.92. The van der Waals surface area contributed by atoms with Crippen LogP contribution < -0.4 is 9.62 Å². The Morgan fingerprint density at radius 3 is 2.64 bits per heavy atom. The van der Waals surface area contributed by atoms with Gasteiger partial charge in [0.25, 0.3) is 10.0 Å². The summed E-state index contributed by atoms with van der Waals surface area (Å²) in [5.41, 5.74) is 1.02. The van der Waals surface area contributed by atoms with E-state index >= 15 is 0 Å². The van der Waals surface area contributed by atoms with Gasteiger partial charge in [-0.3, -0.25) is 9.62 Å². The van der Waals surface area contributed by atoms with Crippen molar-refractivity contribution in [1.29, 1.82) is 0 Å². The number of benzene rings is 1. The summed E-state index contributed by atoms with van der Waals surface area (Å²) in [6.07, 6.45) is 4.82. The molecule has 3 heterocycles. The Kier molecular flexibility index (Phi) is 6.00. The van der Waals surface area contributed by atoms with Crippen LogP contribution in [0.1, 0.15) is 32.6 Å². The highest BCUT2D eigenvalue weighted by atomic mass is 35.5. The maximum Gasteiger partial charge on any atom is 0.264 e. The van der Waals surface area contributed by atoms with Crippen LogP contribution >= 0.6 is 23.2 Å². The van der Waals surface area contributed by atoms with E-state index in [1.54, 1.807) is 6.07 Å². The molecule has 3 aliphatic rings. The minimum atomic E-state index is -4.09. The van der Waals surface area contributed by atoms with Crippen LogP contribution in [0.5, 0.6) is 0 Å². The van der Waals surface area contributed by atoms with Gasteiger partial charge >= 0.3 is 0 Å². The quantitative estimate of drug-likeness (QED) is 0.569. The number of hydrogen-bond acceptors (Lipinski definition) is 5. The Labute approximate surface area is 204 Å². The van der Waals surface area contributed by atoms with Gasteiger partial charge in [0.2, 0.25) is 5.95 Å². The van der Waals surface area contributed by atoms with E-state index in [0.717, 1.165) is 37.2 Å². The van der Waals surface area contributed by atoms with E-state index in [2.05, 4.69) is 26.4 Å². The van der Waals surface area contributed by atoms with Gasteiger partial charge in [0.15, 0.2) is 0 Å². The van der Waals surface area contributed by atoms with E-state index in [1.165, 1.54) is 50.6 Å². The van der Waals surface area contributed by atoms with Crippen LogP contribution in [0.3, 0.4) is 0 Å². The molecule has 0 bridgehead atoms. The molecule has 3 atom stereocenters. The summed E-state index contributed by atoms with van der Waals surface area (Å²) < 4.78 is 41.3. The number of rotatable bonds is 5. The first kappa shape index (κ1) is 23.1. The van der Waals surface area contributed by atoms with Gasteiger partial charge in [-0.25, -0.2) is 13.4 Å². The summed E-state index contributed by atoms with van der Waals surface area (Å²) >= 11 is 13.0. The van der Waals surface area contributed by atoms with E-state index in [1.807, 2.05) is 0 Å². The summed E-state index contributed by atoms with van der Waals surface area (Å²) in [6.45, 7) is 6.45. The number of likely N-dealkylation sites (tertiary alicyclic amines) is 1. The number of sulfonamides is 1. The van der Waals surface area contributed by atoms with Crippen LogP contribution in [0, 0.1) is 17.3 Å². The van der Waals surface area contributed by atoms with Crippen LogP contribution in [0.2, 0.25) is 10.0 Å². The zero-order chi connectivity index (χ0) is 23.4. The highest BCUT2D eigenvalue weighted by Crippen LogP contribution is 2.53. The molecule has 0 radical (unpaired) electrons. The van der Waals surface area contributed by atoms with E-state index in [9.17, 15) is 12.8 Å². The lowest BCUT2D eigenvalue weighted by Gasteiger charge is -2.51. The minimum absolute atomic E-state index is 0.0674. The summed E-state index contributed by atoms with van der Waals surface area (Å²) in [7, 11) is -4.09. The second-order valence-electron chi connectivity index (χ2n) is 9.66. The molecular weight excluding hydrogens is 486 g/mol.